The summed E-state index contributed by atoms with van der Waals surface area (Å²) < 4.78 is 23.1. The molecular weight excluding hydrogens is 282 g/mol. The minimum absolute atomic E-state index is 0.159. The second-order valence-electron chi connectivity index (χ2n) is 6.41. The molecule has 0 spiro atoms. The maximum atomic E-state index is 11.6. The minimum atomic E-state index is -2.80. The summed E-state index contributed by atoms with van der Waals surface area (Å²) in [6.07, 6.45) is 3.89. The Balaban J connectivity index is 1.70. The van der Waals surface area contributed by atoms with E-state index in [-0.39, 0.29) is 6.04 Å². The van der Waals surface area contributed by atoms with Crippen molar-refractivity contribution in [3.05, 3.63) is 35.4 Å². The van der Waals surface area contributed by atoms with Crippen LogP contribution in [-0.2, 0) is 16.3 Å². The summed E-state index contributed by atoms with van der Waals surface area (Å²) in [5, 5.41) is 3.40. The molecule has 2 rings (SSSR count). The highest BCUT2D eigenvalue weighted by Gasteiger charge is 2.23. The van der Waals surface area contributed by atoms with Crippen molar-refractivity contribution in [3.8, 4) is 0 Å². The summed E-state index contributed by atoms with van der Waals surface area (Å²) in [5.41, 5.74) is 2.74. The fourth-order valence-corrected chi connectivity index (χ4v) is 4.52. The molecule has 0 unspecified atom stereocenters. The smallest absolute Gasteiger partial charge is 0.151 e. The van der Waals surface area contributed by atoms with Gasteiger partial charge in [0.1, 0.15) is 0 Å². The molecule has 1 fully saturated rings. The first-order valence-electron chi connectivity index (χ1n) is 7.99. The largest absolute Gasteiger partial charge is 0.313 e. The van der Waals surface area contributed by atoms with E-state index in [2.05, 4.69) is 43.4 Å². The molecule has 0 saturated carbocycles. The lowest BCUT2D eigenvalue weighted by atomic mass is 10.0. The third kappa shape index (κ3) is 5.44. The molecule has 1 aliphatic heterocycles. The van der Waals surface area contributed by atoms with Crippen LogP contribution >= 0.6 is 0 Å². The van der Waals surface area contributed by atoms with Gasteiger partial charge in [-0.1, -0.05) is 38.1 Å². The van der Waals surface area contributed by atoms with Crippen LogP contribution in [0.1, 0.15) is 50.2 Å². The highest BCUT2D eigenvalue weighted by atomic mass is 32.2. The van der Waals surface area contributed by atoms with Crippen molar-refractivity contribution < 1.29 is 8.42 Å². The molecule has 1 aromatic carbocycles. The SMILES string of the molecule is CC(C)c1ccc(CCCN[C@@H]2CCCS(=O)(=O)C2)cc1. The van der Waals surface area contributed by atoms with E-state index in [1.807, 2.05) is 0 Å². The lowest BCUT2D eigenvalue weighted by Gasteiger charge is -2.23. The Hall–Kier alpha value is -0.870. The quantitative estimate of drug-likeness (QED) is 0.822. The van der Waals surface area contributed by atoms with Gasteiger partial charge < -0.3 is 5.32 Å². The number of benzene rings is 1. The van der Waals surface area contributed by atoms with E-state index in [0.29, 0.717) is 17.4 Å². The Bertz CT molecular complexity index is 534. The van der Waals surface area contributed by atoms with E-state index in [1.54, 1.807) is 0 Å². The summed E-state index contributed by atoms with van der Waals surface area (Å²) in [4.78, 5) is 0. The monoisotopic (exact) mass is 309 g/mol. The van der Waals surface area contributed by atoms with Crippen LogP contribution in [0.25, 0.3) is 0 Å². The van der Waals surface area contributed by atoms with Crippen LogP contribution in [-0.4, -0.2) is 32.5 Å². The highest BCUT2D eigenvalue weighted by Crippen LogP contribution is 2.15. The third-order valence-corrected chi connectivity index (χ3v) is 6.01. The summed E-state index contributed by atoms with van der Waals surface area (Å²) in [7, 11) is -2.80. The zero-order valence-electron chi connectivity index (χ0n) is 13.1. The van der Waals surface area contributed by atoms with Crippen molar-refractivity contribution in [1.29, 1.82) is 0 Å². The van der Waals surface area contributed by atoms with Gasteiger partial charge in [0.2, 0.25) is 0 Å². The van der Waals surface area contributed by atoms with Crippen molar-refractivity contribution in [2.24, 2.45) is 0 Å². The van der Waals surface area contributed by atoms with Gasteiger partial charge in [-0.3, -0.25) is 0 Å². The summed E-state index contributed by atoms with van der Waals surface area (Å²) in [6.45, 7) is 5.31. The van der Waals surface area contributed by atoms with Gasteiger partial charge in [-0.15, -0.1) is 0 Å². The molecule has 0 radical (unpaired) electrons. The fraction of sp³-hybridized carbons (Fsp3) is 0.647. The number of nitrogens with one attached hydrogen (secondary N) is 1. The van der Waals surface area contributed by atoms with Gasteiger partial charge in [0.15, 0.2) is 9.84 Å². The van der Waals surface area contributed by atoms with Crippen molar-refractivity contribution in [1.82, 2.24) is 5.32 Å². The lowest BCUT2D eigenvalue weighted by molar-refractivity contribution is 0.476. The molecule has 1 atom stereocenters. The van der Waals surface area contributed by atoms with E-state index < -0.39 is 9.84 Å². The molecular formula is C17H27NO2S. The fourth-order valence-electron chi connectivity index (χ4n) is 2.85. The molecule has 118 valence electrons. The molecule has 0 amide bonds. The topological polar surface area (TPSA) is 46.2 Å². The molecule has 1 N–H and O–H groups in total. The predicted molar refractivity (Wildman–Crippen MR) is 88.5 cm³/mol. The molecule has 1 saturated heterocycles. The van der Waals surface area contributed by atoms with E-state index in [0.717, 1.165) is 32.2 Å². The third-order valence-electron chi connectivity index (χ3n) is 4.18. The Morgan fingerprint density at radius 2 is 1.95 bits per heavy atom. The number of hydrogen-bond acceptors (Lipinski definition) is 3. The summed E-state index contributed by atoms with van der Waals surface area (Å²) >= 11 is 0. The van der Waals surface area contributed by atoms with Crippen LogP contribution in [0.3, 0.4) is 0 Å². The van der Waals surface area contributed by atoms with Gasteiger partial charge in [0.25, 0.3) is 0 Å². The average molecular weight is 309 g/mol. The van der Waals surface area contributed by atoms with Gasteiger partial charge in [0.05, 0.1) is 11.5 Å². The molecule has 0 bridgehead atoms. The van der Waals surface area contributed by atoms with Crippen LogP contribution in [0.5, 0.6) is 0 Å². The van der Waals surface area contributed by atoms with Crippen LogP contribution in [0.15, 0.2) is 24.3 Å². The van der Waals surface area contributed by atoms with Gasteiger partial charge in [-0.25, -0.2) is 8.42 Å². The second kappa shape index (κ2) is 7.41. The van der Waals surface area contributed by atoms with Gasteiger partial charge >= 0.3 is 0 Å². The molecule has 4 heteroatoms. The van der Waals surface area contributed by atoms with Crippen LogP contribution in [0.4, 0.5) is 0 Å². The maximum absolute atomic E-state index is 11.6. The first-order valence-corrected chi connectivity index (χ1v) is 9.81. The van der Waals surface area contributed by atoms with Crippen molar-refractivity contribution in [2.75, 3.05) is 18.1 Å². The minimum Gasteiger partial charge on any atom is -0.313 e. The molecule has 21 heavy (non-hydrogen) atoms. The Morgan fingerprint density at radius 3 is 2.57 bits per heavy atom. The molecule has 1 aliphatic rings. The molecule has 0 aromatic heterocycles. The molecule has 1 heterocycles. The first-order chi connectivity index (χ1) is 9.96. The Morgan fingerprint density at radius 1 is 1.24 bits per heavy atom. The van der Waals surface area contributed by atoms with Crippen LogP contribution < -0.4 is 5.32 Å². The van der Waals surface area contributed by atoms with Crippen molar-refractivity contribution >= 4 is 9.84 Å². The maximum Gasteiger partial charge on any atom is 0.151 e. The average Bonchev–Trinajstić information content (AvgIpc) is 2.43. The number of aryl methyl sites for hydroxylation is 1. The second-order valence-corrected chi connectivity index (χ2v) is 8.64. The van der Waals surface area contributed by atoms with Crippen molar-refractivity contribution in [3.63, 3.8) is 0 Å². The Labute approximate surface area is 129 Å². The number of rotatable bonds is 6. The van der Waals surface area contributed by atoms with Gasteiger partial charge in [-0.05, 0) is 49.3 Å². The van der Waals surface area contributed by atoms with E-state index in [4.69, 9.17) is 0 Å². The van der Waals surface area contributed by atoms with Crippen LogP contribution in [0, 0.1) is 0 Å². The predicted octanol–water partition coefficient (Wildman–Crippen LogP) is 2.91. The molecule has 0 aliphatic carbocycles. The Kier molecular flexibility index (Phi) is 5.82. The normalized spacial score (nSPS) is 21.6. The highest BCUT2D eigenvalue weighted by molar-refractivity contribution is 7.91. The lowest BCUT2D eigenvalue weighted by Crippen LogP contribution is -2.40. The van der Waals surface area contributed by atoms with Crippen molar-refractivity contribution in [2.45, 2.75) is 51.5 Å². The molecule has 1 aromatic rings. The van der Waals surface area contributed by atoms with E-state index in [9.17, 15) is 8.42 Å². The van der Waals surface area contributed by atoms with E-state index in [1.165, 1.54) is 11.1 Å². The zero-order valence-corrected chi connectivity index (χ0v) is 14.0. The van der Waals surface area contributed by atoms with Gasteiger partial charge in [-0.2, -0.15) is 0 Å². The van der Waals surface area contributed by atoms with Gasteiger partial charge in [0, 0.05) is 6.04 Å². The standard InChI is InChI=1S/C17H27NO2S/c1-14(2)16-9-7-15(8-10-16)5-3-11-18-17-6-4-12-21(19,20)13-17/h7-10,14,17-18H,3-6,11-13H2,1-2H3/t17-/m1/s1. The molecule has 3 nitrogen and oxygen atoms in total. The van der Waals surface area contributed by atoms with Crippen LogP contribution in [0.2, 0.25) is 0 Å². The summed E-state index contributed by atoms with van der Waals surface area (Å²) in [5.74, 6) is 1.26. The number of sulfone groups is 1. The zero-order chi connectivity index (χ0) is 15.3. The number of hydrogen-bond donors (Lipinski definition) is 1. The first kappa shape index (κ1) is 16.5. The van der Waals surface area contributed by atoms with E-state index >= 15 is 0 Å². The summed E-state index contributed by atoms with van der Waals surface area (Å²) in [6, 6.07) is 9.00.